The van der Waals surface area contributed by atoms with E-state index in [0.29, 0.717) is 41.9 Å². The number of aromatic hydroxyl groups is 2. The molecule has 0 aliphatic carbocycles. The van der Waals surface area contributed by atoms with E-state index in [2.05, 4.69) is 132 Å². The van der Waals surface area contributed by atoms with Crippen LogP contribution in [0.4, 0.5) is 0 Å². The van der Waals surface area contributed by atoms with Crippen LogP contribution in [0.5, 0.6) is 23.0 Å². The van der Waals surface area contributed by atoms with Gasteiger partial charge in [0.2, 0.25) is 5.43 Å². The van der Waals surface area contributed by atoms with Crippen LogP contribution in [0.15, 0.2) is 53.3 Å². The van der Waals surface area contributed by atoms with E-state index in [9.17, 15) is 15.0 Å². The van der Waals surface area contributed by atoms with Crippen LogP contribution in [-0.4, -0.2) is 10.2 Å². The van der Waals surface area contributed by atoms with Crippen molar-refractivity contribution in [3.8, 4) is 23.0 Å². The molecule has 6 rings (SSSR count). The first kappa shape index (κ1) is 34.8. The van der Waals surface area contributed by atoms with E-state index >= 15 is 0 Å². The number of ether oxygens (including phenoxy) is 1. The molecular weight excluding hydrogens is 604 g/mol. The van der Waals surface area contributed by atoms with Gasteiger partial charge in [0.05, 0.1) is 0 Å². The maximum absolute atomic E-state index is 14.9. The summed E-state index contributed by atoms with van der Waals surface area (Å²) in [6, 6.07) is 16.9. The van der Waals surface area contributed by atoms with Gasteiger partial charge in [0.15, 0.2) is 5.75 Å². The smallest absolute Gasteiger partial charge is 0.225 e. The highest BCUT2D eigenvalue weighted by molar-refractivity contribution is 5.60. The maximum atomic E-state index is 14.9. The Morgan fingerprint density at radius 2 is 0.837 bits per heavy atom. The third kappa shape index (κ3) is 6.52. The molecule has 0 aromatic heterocycles. The molecule has 2 aliphatic heterocycles. The largest absolute Gasteiger partial charge is 0.507 e. The molecular formula is C45H54O4. The van der Waals surface area contributed by atoms with Gasteiger partial charge in [0.1, 0.15) is 17.2 Å². The average Bonchev–Trinajstić information content (AvgIpc) is 3.09. The molecule has 0 saturated carbocycles. The van der Waals surface area contributed by atoms with Crippen LogP contribution in [0.2, 0.25) is 0 Å². The normalized spacial score (nSPS) is 14.6. The van der Waals surface area contributed by atoms with Gasteiger partial charge >= 0.3 is 0 Å². The molecule has 2 heterocycles. The number of fused-ring (bicyclic) bond motifs is 5. The van der Waals surface area contributed by atoms with Gasteiger partial charge in [0.25, 0.3) is 0 Å². The minimum Gasteiger partial charge on any atom is -0.507 e. The van der Waals surface area contributed by atoms with Gasteiger partial charge in [-0.1, -0.05) is 132 Å². The number of hydrogen-bond donors (Lipinski definition) is 2. The Kier molecular flexibility index (Phi) is 8.17. The summed E-state index contributed by atoms with van der Waals surface area (Å²) in [5.41, 5.74) is 9.92. The van der Waals surface area contributed by atoms with Crippen molar-refractivity contribution in [3.05, 3.63) is 126 Å². The molecule has 0 atom stereocenters. The van der Waals surface area contributed by atoms with Crippen molar-refractivity contribution in [3.63, 3.8) is 0 Å². The highest BCUT2D eigenvalue weighted by atomic mass is 16.5. The summed E-state index contributed by atoms with van der Waals surface area (Å²) >= 11 is 0. The fourth-order valence-electron chi connectivity index (χ4n) is 7.31. The maximum Gasteiger partial charge on any atom is 0.225 e. The molecule has 4 aromatic rings. The summed E-state index contributed by atoms with van der Waals surface area (Å²) in [4.78, 5) is 14.9. The van der Waals surface area contributed by atoms with Crippen LogP contribution >= 0.6 is 0 Å². The summed E-state index contributed by atoms with van der Waals surface area (Å²) < 4.78 is 6.82. The minimum atomic E-state index is -0.329. The predicted octanol–water partition coefficient (Wildman–Crippen LogP) is 10.4. The lowest BCUT2D eigenvalue weighted by molar-refractivity contribution is 0.446. The van der Waals surface area contributed by atoms with Crippen LogP contribution in [0, 0.1) is 0 Å². The van der Waals surface area contributed by atoms with Gasteiger partial charge in [-0.3, -0.25) is 4.79 Å². The molecule has 4 nitrogen and oxygen atoms in total. The molecule has 2 aliphatic rings. The molecule has 2 N–H and O–H groups in total. The Morgan fingerprint density at radius 1 is 0.469 bits per heavy atom. The first-order valence-electron chi connectivity index (χ1n) is 17.8. The fraction of sp³-hybridized carbons (Fsp3) is 0.444. The summed E-state index contributed by atoms with van der Waals surface area (Å²) in [5, 5.41) is 24.1. The lowest BCUT2D eigenvalue weighted by Crippen LogP contribution is -2.22. The summed E-state index contributed by atoms with van der Waals surface area (Å²) in [6.07, 6.45) is 1.64. The quantitative estimate of drug-likeness (QED) is 0.170. The van der Waals surface area contributed by atoms with Gasteiger partial charge in [-0.05, 0) is 77.3 Å². The zero-order valence-corrected chi connectivity index (χ0v) is 31.7. The lowest BCUT2D eigenvalue weighted by Gasteiger charge is -2.27. The molecule has 0 spiro atoms. The second-order valence-corrected chi connectivity index (χ2v) is 18.6. The summed E-state index contributed by atoms with van der Waals surface area (Å²) in [6.45, 7) is 26.1. The predicted molar refractivity (Wildman–Crippen MR) is 201 cm³/mol. The topological polar surface area (TPSA) is 66.8 Å². The minimum absolute atomic E-state index is 0.118. The SMILES string of the molecule is CC(C)(C)c1cc2c(O)c(c1)Cc1cc(C(C)(C)C)cc3c1Oc1c(ccc(C(C)(C)C)c(c1=O)Cc1cc(C(C)(C)C)cc(c1O)C2)C3. The van der Waals surface area contributed by atoms with Crippen molar-refractivity contribution < 1.29 is 14.9 Å². The van der Waals surface area contributed by atoms with Gasteiger partial charge in [-0.25, -0.2) is 0 Å². The fourth-order valence-corrected chi connectivity index (χ4v) is 7.31. The molecule has 0 saturated heterocycles. The van der Waals surface area contributed by atoms with Gasteiger partial charge in [-0.2, -0.15) is 0 Å². The number of phenols is 2. The van der Waals surface area contributed by atoms with Crippen LogP contribution in [0.3, 0.4) is 0 Å². The number of benzene rings is 3. The van der Waals surface area contributed by atoms with Gasteiger partial charge in [0, 0.05) is 36.8 Å². The molecule has 7 bridgehead atoms. The van der Waals surface area contributed by atoms with Crippen molar-refractivity contribution in [1.82, 2.24) is 0 Å². The van der Waals surface area contributed by atoms with Gasteiger partial charge in [-0.15, -0.1) is 0 Å². The molecule has 258 valence electrons. The van der Waals surface area contributed by atoms with E-state index in [1.807, 2.05) is 0 Å². The van der Waals surface area contributed by atoms with Crippen LogP contribution in [-0.2, 0) is 47.3 Å². The van der Waals surface area contributed by atoms with Crippen molar-refractivity contribution in [2.24, 2.45) is 0 Å². The number of phenolic OH excluding ortho intramolecular Hbond substituents is 2. The van der Waals surface area contributed by atoms with Crippen LogP contribution in [0.1, 0.15) is 150 Å². The Hall–Kier alpha value is -4.05. The Balaban J connectivity index is 1.75. The lowest BCUT2D eigenvalue weighted by atomic mass is 9.79. The van der Waals surface area contributed by atoms with Crippen LogP contribution in [0.25, 0.3) is 0 Å². The standard InChI is InChI=1S/C45H54O4/c1-42(2,3)32-18-26-16-27-19-33(43(4,5)6)21-29(38(27)47)24-35-36(45(10,11)12)14-13-25-15-30-22-34(44(7,8)9)23-31(17-28(20-32)37(26)46)40(30)49-41(25)39(35)48/h13-14,18-23,46-47H,15-17,24H2,1-12H3. The highest BCUT2D eigenvalue weighted by Gasteiger charge is 2.31. The molecule has 0 radical (unpaired) electrons. The number of rotatable bonds is 0. The first-order valence-corrected chi connectivity index (χ1v) is 17.8. The molecule has 0 unspecified atom stereocenters. The molecule has 0 amide bonds. The van der Waals surface area contributed by atoms with E-state index in [1.54, 1.807) is 0 Å². The Bertz CT molecular complexity index is 2050. The Morgan fingerprint density at radius 3 is 1.24 bits per heavy atom. The van der Waals surface area contributed by atoms with E-state index in [1.165, 1.54) is 5.56 Å². The van der Waals surface area contributed by atoms with E-state index in [4.69, 9.17) is 4.74 Å². The van der Waals surface area contributed by atoms with Crippen molar-refractivity contribution >= 4 is 0 Å². The first-order chi connectivity index (χ1) is 22.5. The van der Waals surface area contributed by atoms with Crippen molar-refractivity contribution in [2.75, 3.05) is 0 Å². The monoisotopic (exact) mass is 658 g/mol. The second kappa shape index (κ2) is 11.5. The zero-order chi connectivity index (χ0) is 36.0. The molecule has 49 heavy (non-hydrogen) atoms. The summed E-state index contributed by atoms with van der Waals surface area (Å²) in [7, 11) is 0. The third-order valence-corrected chi connectivity index (χ3v) is 10.4. The average molecular weight is 659 g/mol. The summed E-state index contributed by atoms with van der Waals surface area (Å²) in [5.74, 6) is 1.48. The van der Waals surface area contributed by atoms with Gasteiger partial charge < -0.3 is 14.9 Å². The third-order valence-electron chi connectivity index (χ3n) is 10.4. The van der Waals surface area contributed by atoms with E-state index in [-0.39, 0.29) is 45.0 Å². The molecule has 4 heteroatoms. The van der Waals surface area contributed by atoms with Crippen LogP contribution < -0.4 is 10.2 Å². The van der Waals surface area contributed by atoms with Crippen molar-refractivity contribution in [2.45, 2.75) is 130 Å². The zero-order valence-electron chi connectivity index (χ0n) is 31.7. The molecule has 4 aromatic carbocycles. The second-order valence-electron chi connectivity index (χ2n) is 18.6. The Labute approximate surface area is 293 Å². The molecule has 0 fully saturated rings. The highest BCUT2D eigenvalue weighted by Crippen LogP contribution is 2.44. The van der Waals surface area contributed by atoms with E-state index in [0.717, 1.165) is 50.1 Å². The van der Waals surface area contributed by atoms with Crippen molar-refractivity contribution in [1.29, 1.82) is 0 Å². The number of hydrogen-bond acceptors (Lipinski definition) is 4. The van der Waals surface area contributed by atoms with E-state index < -0.39 is 0 Å².